The first-order valence-corrected chi connectivity index (χ1v) is 4.72. The van der Waals surface area contributed by atoms with Crippen LogP contribution < -0.4 is 5.73 Å². The van der Waals surface area contributed by atoms with E-state index >= 15 is 0 Å². The van der Waals surface area contributed by atoms with Gasteiger partial charge in [-0.3, -0.25) is 0 Å². The molecule has 0 aromatic heterocycles. The highest BCUT2D eigenvalue weighted by Gasteiger charge is 2.05. The molecule has 4 heteroatoms. The highest BCUT2D eigenvalue weighted by molar-refractivity contribution is 4.63. The van der Waals surface area contributed by atoms with Crippen molar-refractivity contribution in [2.75, 3.05) is 33.4 Å². The van der Waals surface area contributed by atoms with Crippen LogP contribution in [0, 0.1) is 0 Å². The smallest absolute Gasteiger partial charge is 0.0596 e. The summed E-state index contributed by atoms with van der Waals surface area (Å²) in [6, 6.07) is -0.149. The normalized spacial score (nSPS) is 14.1. The van der Waals surface area contributed by atoms with Gasteiger partial charge in [0.05, 0.1) is 19.3 Å². The predicted octanol–water partition coefficient (Wildman–Crippen LogP) is -0.337. The standard InChI is InChI=1S/C9H22N2O2/c1-8(2)13-5-4-11(3)6-9(10)7-12/h8-9,12H,4-7,10H2,1-3H3. The van der Waals surface area contributed by atoms with Crippen molar-refractivity contribution < 1.29 is 9.84 Å². The average Bonchev–Trinajstić information content (AvgIpc) is 2.03. The van der Waals surface area contributed by atoms with Crippen molar-refractivity contribution in [3.05, 3.63) is 0 Å². The lowest BCUT2D eigenvalue weighted by Crippen LogP contribution is -2.39. The first-order chi connectivity index (χ1) is 6.06. The zero-order chi connectivity index (χ0) is 10.3. The van der Waals surface area contributed by atoms with Gasteiger partial charge >= 0.3 is 0 Å². The SMILES string of the molecule is CC(C)OCCN(C)CC(N)CO. The van der Waals surface area contributed by atoms with E-state index in [1.807, 2.05) is 20.9 Å². The van der Waals surface area contributed by atoms with Crippen molar-refractivity contribution in [2.45, 2.75) is 26.0 Å². The Kier molecular flexibility index (Phi) is 7.17. The summed E-state index contributed by atoms with van der Waals surface area (Å²) in [5.41, 5.74) is 5.57. The van der Waals surface area contributed by atoms with E-state index in [1.165, 1.54) is 0 Å². The van der Waals surface area contributed by atoms with Gasteiger partial charge in [0.15, 0.2) is 0 Å². The minimum Gasteiger partial charge on any atom is -0.395 e. The van der Waals surface area contributed by atoms with Crippen LogP contribution >= 0.6 is 0 Å². The molecule has 4 nitrogen and oxygen atoms in total. The third-order valence-corrected chi connectivity index (χ3v) is 1.70. The zero-order valence-corrected chi connectivity index (χ0v) is 8.86. The van der Waals surface area contributed by atoms with E-state index in [0.29, 0.717) is 13.2 Å². The highest BCUT2D eigenvalue weighted by Crippen LogP contribution is 1.90. The van der Waals surface area contributed by atoms with E-state index < -0.39 is 0 Å². The van der Waals surface area contributed by atoms with Crippen molar-refractivity contribution in [3.63, 3.8) is 0 Å². The summed E-state index contributed by atoms with van der Waals surface area (Å²) in [6.07, 6.45) is 0.278. The second kappa shape index (κ2) is 7.26. The van der Waals surface area contributed by atoms with Gasteiger partial charge in [0.1, 0.15) is 0 Å². The van der Waals surface area contributed by atoms with E-state index in [4.69, 9.17) is 15.6 Å². The average molecular weight is 190 g/mol. The summed E-state index contributed by atoms with van der Waals surface area (Å²) in [7, 11) is 1.97. The topological polar surface area (TPSA) is 58.7 Å². The number of aliphatic hydroxyl groups excluding tert-OH is 1. The van der Waals surface area contributed by atoms with Crippen molar-refractivity contribution >= 4 is 0 Å². The second-order valence-corrected chi connectivity index (χ2v) is 3.62. The fourth-order valence-corrected chi connectivity index (χ4v) is 0.994. The predicted molar refractivity (Wildman–Crippen MR) is 53.6 cm³/mol. The van der Waals surface area contributed by atoms with Crippen molar-refractivity contribution in [2.24, 2.45) is 5.73 Å². The lowest BCUT2D eigenvalue weighted by Gasteiger charge is -2.20. The number of hydrogen-bond donors (Lipinski definition) is 2. The maximum atomic E-state index is 8.71. The number of nitrogens with zero attached hydrogens (tertiary/aromatic N) is 1. The summed E-state index contributed by atoms with van der Waals surface area (Å²) in [4.78, 5) is 2.06. The van der Waals surface area contributed by atoms with Gasteiger partial charge in [0, 0.05) is 19.1 Å². The molecule has 0 aromatic carbocycles. The van der Waals surface area contributed by atoms with Crippen LogP contribution in [0.3, 0.4) is 0 Å². The first kappa shape index (κ1) is 12.8. The molecule has 1 atom stereocenters. The molecule has 0 saturated heterocycles. The largest absolute Gasteiger partial charge is 0.395 e. The number of nitrogens with two attached hydrogens (primary N) is 1. The van der Waals surface area contributed by atoms with Gasteiger partial charge in [0.25, 0.3) is 0 Å². The summed E-state index contributed by atoms with van der Waals surface area (Å²) in [5, 5.41) is 8.71. The molecule has 0 aromatic rings. The molecule has 0 aliphatic heterocycles. The fourth-order valence-electron chi connectivity index (χ4n) is 0.994. The van der Waals surface area contributed by atoms with Crippen molar-refractivity contribution in [1.29, 1.82) is 0 Å². The number of hydrogen-bond acceptors (Lipinski definition) is 4. The molecule has 0 radical (unpaired) electrons. The van der Waals surface area contributed by atoms with Gasteiger partial charge in [-0.25, -0.2) is 0 Å². The van der Waals surface area contributed by atoms with Gasteiger partial charge in [-0.1, -0.05) is 0 Å². The molecule has 0 bridgehead atoms. The maximum Gasteiger partial charge on any atom is 0.0596 e. The van der Waals surface area contributed by atoms with Crippen LogP contribution in [0.5, 0.6) is 0 Å². The summed E-state index contributed by atoms with van der Waals surface area (Å²) in [6.45, 7) is 6.34. The molecule has 0 aliphatic carbocycles. The molecule has 0 aliphatic rings. The Bertz CT molecular complexity index is 120. The monoisotopic (exact) mass is 190 g/mol. The minimum atomic E-state index is -0.149. The molecule has 0 amide bonds. The van der Waals surface area contributed by atoms with Gasteiger partial charge in [-0.15, -0.1) is 0 Å². The Morgan fingerprint density at radius 1 is 1.46 bits per heavy atom. The maximum absolute atomic E-state index is 8.71. The molecule has 80 valence electrons. The lowest BCUT2D eigenvalue weighted by atomic mass is 10.3. The number of rotatable bonds is 7. The highest BCUT2D eigenvalue weighted by atomic mass is 16.5. The van der Waals surface area contributed by atoms with Gasteiger partial charge in [-0.2, -0.15) is 0 Å². The van der Waals surface area contributed by atoms with Crippen LogP contribution in [0.1, 0.15) is 13.8 Å². The van der Waals surface area contributed by atoms with Crippen LogP contribution in [0.15, 0.2) is 0 Å². The molecule has 0 saturated carbocycles. The van der Waals surface area contributed by atoms with Crippen LogP contribution in [0.25, 0.3) is 0 Å². The van der Waals surface area contributed by atoms with E-state index in [0.717, 1.165) is 6.54 Å². The molecule has 0 fully saturated rings. The lowest BCUT2D eigenvalue weighted by molar-refractivity contribution is 0.0617. The third kappa shape index (κ3) is 8.18. The van der Waals surface area contributed by atoms with Crippen LogP contribution in [-0.4, -0.2) is 55.5 Å². The molecule has 0 rings (SSSR count). The Hall–Kier alpha value is -0.160. The van der Waals surface area contributed by atoms with E-state index in [-0.39, 0.29) is 18.8 Å². The van der Waals surface area contributed by atoms with E-state index in [1.54, 1.807) is 0 Å². The summed E-state index contributed by atoms with van der Waals surface area (Å²) >= 11 is 0. The zero-order valence-electron chi connectivity index (χ0n) is 8.86. The van der Waals surface area contributed by atoms with Crippen molar-refractivity contribution in [1.82, 2.24) is 4.90 Å². The van der Waals surface area contributed by atoms with E-state index in [2.05, 4.69) is 4.90 Å². The molecule has 13 heavy (non-hydrogen) atoms. The Balaban J connectivity index is 3.34. The third-order valence-electron chi connectivity index (χ3n) is 1.70. The van der Waals surface area contributed by atoms with Crippen molar-refractivity contribution in [3.8, 4) is 0 Å². The fraction of sp³-hybridized carbons (Fsp3) is 1.00. The minimum absolute atomic E-state index is 0.0371. The summed E-state index contributed by atoms with van der Waals surface area (Å²) < 4.78 is 5.38. The van der Waals surface area contributed by atoms with E-state index in [9.17, 15) is 0 Å². The Morgan fingerprint density at radius 3 is 2.54 bits per heavy atom. The van der Waals surface area contributed by atoms with Crippen LogP contribution in [-0.2, 0) is 4.74 Å². The molecular formula is C9H22N2O2. The number of aliphatic hydroxyl groups is 1. The molecule has 3 N–H and O–H groups in total. The Labute approximate surface area is 80.7 Å². The summed E-state index contributed by atoms with van der Waals surface area (Å²) in [5.74, 6) is 0. The number of ether oxygens (including phenoxy) is 1. The van der Waals surface area contributed by atoms with Crippen LogP contribution in [0.2, 0.25) is 0 Å². The first-order valence-electron chi connectivity index (χ1n) is 4.72. The molecular weight excluding hydrogens is 168 g/mol. The molecule has 1 unspecified atom stereocenters. The van der Waals surface area contributed by atoms with Gasteiger partial charge in [0.2, 0.25) is 0 Å². The van der Waals surface area contributed by atoms with Gasteiger partial charge < -0.3 is 20.5 Å². The molecule has 0 spiro atoms. The Morgan fingerprint density at radius 2 is 2.08 bits per heavy atom. The molecule has 0 heterocycles. The van der Waals surface area contributed by atoms with Gasteiger partial charge in [-0.05, 0) is 20.9 Å². The second-order valence-electron chi connectivity index (χ2n) is 3.62. The van der Waals surface area contributed by atoms with Crippen LogP contribution in [0.4, 0.5) is 0 Å². The quantitative estimate of drug-likeness (QED) is 0.577. The number of likely N-dealkylation sites (N-methyl/N-ethyl adjacent to an activating group) is 1.